The fraction of sp³-hybridized carbons (Fsp3) is 0.450. The van der Waals surface area contributed by atoms with Crippen molar-refractivity contribution in [2.24, 2.45) is 0 Å². The van der Waals surface area contributed by atoms with Crippen molar-refractivity contribution < 1.29 is 17.9 Å². The van der Waals surface area contributed by atoms with Crippen molar-refractivity contribution in [2.45, 2.75) is 38.8 Å². The molecule has 146 valence electrons. The molecule has 1 aromatic heterocycles. The van der Waals surface area contributed by atoms with Crippen LogP contribution in [0.4, 0.5) is 0 Å². The third-order valence-electron chi connectivity index (χ3n) is 4.69. The summed E-state index contributed by atoms with van der Waals surface area (Å²) in [6.45, 7) is 3.06. The van der Waals surface area contributed by atoms with E-state index in [1.165, 1.54) is 0 Å². The summed E-state index contributed by atoms with van der Waals surface area (Å²) >= 11 is 1.57. The van der Waals surface area contributed by atoms with E-state index in [-0.39, 0.29) is 23.5 Å². The van der Waals surface area contributed by atoms with Gasteiger partial charge in [0.15, 0.2) is 9.84 Å². The van der Waals surface area contributed by atoms with Gasteiger partial charge < -0.3 is 9.64 Å². The van der Waals surface area contributed by atoms with E-state index in [1.54, 1.807) is 28.4 Å². The standard InChI is InChI=1S/C20H25NO4S2/c1-2-3-11-25-19-9-5-4-8-18(19)20(22)21(14-17-7-6-12-26-17)16-10-13-27(23,24)15-16/h4-9,12,16H,2-3,10-11,13-15H2,1H3. The Morgan fingerprint density at radius 2 is 2.07 bits per heavy atom. The zero-order chi connectivity index (χ0) is 19.3. The zero-order valence-corrected chi connectivity index (χ0v) is 17.1. The van der Waals surface area contributed by atoms with E-state index in [9.17, 15) is 13.2 Å². The molecule has 1 saturated heterocycles. The predicted molar refractivity (Wildman–Crippen MR) is 108 cm³/mol. The second-order valence-corrected chi connectivity index (χ2v) is 10.0. The van der Waals surface area contributed by atoms with Crippen molar-refractivity contribution in [1.29, 1.82) is 0 Å². The summed E-state index contributed by atoms with van der Waals surface area (Å²) in [7, 11) is -3.08. The fourth-order valence-corrected chi connectivity index (χ4v) is 5.64. The molecule has 1 aliphatic heterocycles. The van der Waals surface area contributed by atoms with Gasteiger partial charge in [0, 0.05) is 10.9 Å². The van der Waals surface area contributed by atoms with Crippen LogP contribution in [-0.4, -0.2) is 43.4 Å². The maximum Gasteiger partial charge on any atom is 0.258 e. The Labute approximate surface area is 164 Å². The van der Waals surface area contributed by atoms with E-state index in [4.69, 9.17) is 4.74 Å². The van der Waals surface area contributed by atoms with Crippen molar-refractivity contribution in [3.63, 3.8) is 0 Å². The Balaban J connectivity index is 1.87. The molecule has 2 heterocycles. The molecule has 0 radical (unpaired) electrons. The molecule has 1 amide bonds. The second kappa shape index (κ2) is 8.89. The topological polar surface area (TPSA) is 63.7 Å². The van der Waals surface area contributed by atoms with E-state index in [0.717, 1.165) is 17.7 Å². The van der Waals surface area contributed by atoms with E-state index >= 15 is 0 Å². The molecule has 2 aromatic rings. The molecule has 0 aliphatic carbocycles. The Bertz CT molecular complexity index is 862. The number of para-hydroxylation sites is 1. The van der Waals surface area contributed by atoms with Gasteiger partial charge in [-0.15, -0.1) is 11.3 Å². The summed E-state index contributed by atoms with van der Waals surface area (Å²) in [6, 6.07) is 10.8. The van der Waals surface area contributed by atoms with Gasteiger partial charge in [-0.1, -0.05) is 31.5 Å². The highest BCUT2D eigenvalue weighted by molar-refractivity contribution is 7.91. The monoisotopic (exact) mass is 407 g/mol. The maximum absolute atomic E-state index is 13.4. The van der Waals surface area contributed by atoms with Crippen LogP contribution in [0.25, 0.3) is 0 Å². The van der Waals surface area contributed by atoms with Crippen LogP contribution >= 0.6 is 11.3 Å². The minimum absolute atomic E-state index is 0.0307. The maximum atomic E-state index is 13.4. The van der Waals surface area contributed by atoms with Crippen molar-refractivity contribution in [3.05, 3.63) is 52.2 Å². The van der Waals surface area contributed by atoms with Gasteiger partial charge in [0.2, 0.25) is 0 Å². The van der Waals surface area contributed by atoms with E-state index in [0.29, 0.717) is 30.9 Å². The normalized spacial score (nSPS) is 18.3. The molecule has 1 aromatic carbocycles. The van der Waals surface area contributed by atoms with E-state index in [2.05, 4.69) is 6.92 Å². The zero-order valence-electron chi connectivity index (χ0n) is 15.5. The molecule has 27 heavy (non-hydrogen) atoms. The lowest BCUT2D eigenvalue weighted by molar-refractivity contribution is 0.0678. The van der Waals surface area contributed by atoms with Crippen molar-refractivity contribution in [3.8, 4) is 5.75 Å². The van der Waals surface area contributed by atoms with Gasteiger partial charge in [0.25, 0.3) is 5.91 Å². The Hall–Kier alpha value is -1.86. The Morgan fingerprint density at radius 1 is 1.26 bits per heavy atom. The van der Waals surface area contributed by atoms with Crippen LogP contribution in [-0.2, 0) is 16.4 Å². The number of unbranched alkanes of at least 4 members (excludes halogenated alkanes) is 1. The van der Waals surface area contributed by atoms with Crippen LogP contribution in [0.1, 0.15) is 41.4 Å². The fourth-order valence-electron chi connectivity index (χ4n) is 3.21. The molecule has 1 fully saturated rings. The molecule has 3 rings (SSSR count). The predicted octanol–water partition coefficient (Wildman–Crippen LogP) is 3.76. The quantitative estimate of drug-likeness (QED) is 0.625. The first-order chi connectivity index (χ1) is 13.0. The first-order valence-corrected chi connectivity index (χ1v) is 12.0. The molecule has 1 aliphatic rings. The summed E-state index contributed by atoms with van der Waals surface area (Å²) in [5.74, 6) is 0.564. The summed E-state index contributed by atoms with van der Waals surface area (Å²) in [6.07, 6.45) is 2.42. The molecular formula is C20H25NO4S2. The number of carbonyl (C=O) groups is 1. The van der Waals surface area contributed by atoms with Crippen LogP contribution in [0, 0.1) is 0 Å². The minimum atomic E-state index is -3.08. The lowest BCUT2D eigenvalue weighted by Gasteiger charge is -2.28. The molecule has 5 nitrogen and oxygen atoms in total. The van der Waals surface area contributed by atoms with Gasteiger partial charge in [-0.05, 0) is 36.4 Å². The number of thiophene rings is 1. The first kappa shape index (κ1) is 19.9. The highest BCUT2D eigenvalue weighted by Gasteiger charge is 2.35. The number of hydrogen-bond donors (Lipinski definition) is 0. The molecule has 0 saturated carbocycles. The van der Waals surface area contributed by atoms with Crippen molar-refractivity contribution in [2.75, 3.05) is 18.1 Å². The van der Waals surface area contributed by atoms with Crippen LogP contribution in [0.15, 0.2) is 41.8 Å². The minimum Gasteiger partial charge on any atom is -0.493 e. The third kappa shape index (κ3) is 5.11. The highest BCUT2D eigenvalue weighted by Crippen LogP contribution is 2.27. The summed E-state index contributed by atoms with van der Waals surface area (Å²) in [5.41, 5.74) is 0.495. The van der Waals surface area contributed by atoms with Crippen LogP contribution in [0.3, 0.4) is 0 Å². The number of hydrogen-bond acceptors (Lipinski definition) is 5. The lowest BCUT2D eigenvalue weighted by Crippen LogP contribution is -2.40. The van der Waals surface area contributed by atoms with Gasteiger partial charge in [-0.3, -0.25) is 4.79 Å². The summed E-state index contributed by atoms with van der Waals surface area (Å²) in [5, 5.41) is 1.96. The largest absolute Gasteiger partial charge is 0.493 e. The molecule has 0 spiro atoms. The second-order valence-electron chi connectivity index (χ2n) is 6.77. The van der Waals surface area contributed by atoms with Crippen molar-refractivity contribution >= 4 is 27.1 Å². The number of sulfone groups is 1. The number of rotatable bonds is 8. The molecule has 1 atom stereocenters. The van der Waals surface area contributed by atoms with Gasteiger partial charge in [-0.2, -0.15) is 0 Å². The number of benzene rings is 1. The van der Waals surface area contributed by atoms with Crippen LogP contribution < -0.4 is 4.74 Å². The number of carbonyl (C=O) groups excluding carboxylic acids is 1. The molecule has 0 N–H and O–H groups in total. The molecule has 1 unspecified atom stereocenters. The van der Waals surface area contributed by atoms with Crippen LogP contribution in [0.5, 0.6) is 5.75 Å². The first-order valence-electron chi connectivity index (χ1n) is 9.26. The lowest BCUT2D eigenvalue weighted by atomic mass is 10.1. The summed E-state index contributed by atoms with van der Waals surface area (Å²) in [4.78, 5) is 16.1. The van der Waals surface area contributed by atoms with E-state index < -0.39 is 9.84 Å². The molecule has 7 heteroatoms. The molecule has 0 bridgehead atoms. The van der Waals surface area contributed by atoms with E-state index in [1.807, 2.05) is 29.6 Å². The Kier molecular flexibility index (Phi) is 6.55. The molecular weight excluding hydrogens is 382 g/mol. The Morgan fingerprint density at radius 3 is 2.74 bits per heavy atom. The number of nitrogens with zero attached hydrogens (tertiary/aromatic N) is 1. The average Bonchev–Trinajstić information content (AvgIpc) is 3.29. The SMILES string of the molecule is CCCCOc1ccccc1C(=O)N(Cc1cccs1)C1CCS(=O)(=O)C1. The van der Waals surface area contributed by atoms with Gasteiger partial charge in [0.1, 0.15) is 5.75 Å². The highest BCUT2D eigenvalue weighted by atomic mass is 32.2. The van der Waals surface area contributed by atoms with Crippen molar-refractivity contribution in [1.82, 2.24) is 4.90 Å². The summed E-state index contributed by atoms with van der Waals surface area (Å²) < 4.78 is 29.8. The third-order valence-corrected chi connectivity index (χ3v) is 7.30. The number of ether oxygens (including phenoxy) is 1. The number of amides is 1. The average molecular weight is 408 g/mol. The van der Waals surface area contributed by atoms with Gasteiger partial charge in [0.05, 0.1) is 30.2 Å². The van der Waals surface area contributed by atoms with Crippen LogP contribution in [0.2, 0.25) is 0 Å². The van der Waals surface area contributed by atoms with Gasteiger partial charge >= 0.3 is 0 Å². The van der Waals surface area contributed by atoms with Gasteiger partial charge in [-0.25, -0.2) is 8.42 Å². The smallest absolute Gasteiger partial charge is 0.258 e.